The van der Waals surface area contributed by atoms with E-state index in [1.807, 2.05) is 6.92 Å². The number of benzene rings is 1. The largest absolute Gasteiger partial charge is 0.357 e. The van der Waals surface area contributed by atoms with Gasteiger partial charge < -0.3 is 5.32 Å². The minimum Gasteiger partial charge on any atom is -0.357 e. The van der Waals surface area contributed by atoms with Crippen LogP contribution in [0.5, 0.6) is 0 Å². The van der Waals surface area contributed by atoms with Crippen LogP contribution in [0.25, 0.3) is 0 Å². The van der Waals surface area contributed by atoms with Crippen LogP contribution < -0.4 is 5.32 Å². The summed E-state index contributed by atoms with van der Waals surface area (Å²) in [5.74, 6) is 1.49. The maximum atomic E-state index is 4.24. The molecule has 0 radical (unpaired) electrons. The van der Waals surface area contributed by atoms with E-state index in [1.165, 1.54) is 25.7 Å². The molecule has 0 amide bonds. The summed E-state index contributed by atoms with van der Waals surface area (Å²) < 4.78 is 0. The summed E-state index contributed by atoms with van der Waals surface area (Å²) in [5, 5.41) is 14.1. The van der Waals surface area contributed by atoms with Gasteiger partial charge >= 0.3 is 0 Å². The van der Waals surface area contributed by atoms with Crippen molar-refractivity contribution in [3.63, 3.8) is 0 Å². The van der Waals surface area contributed by atoms with E-state index >= 15 is 0 Å². The first kappa shape index (κ1) is 12.3. The molecule has 1 aromatic heterocycles. The fourth-order valence-electron chi connectivity index (χ4n) is 3.88. The average molecular weight is 285 g/mol. The zero-order valence-electron chi connectivity index (χ0n) is 11.7. The van der Waals surface area contributed by atoms with Crippen LogP contribution in [0.4, 0.5) is 5.13 Å². The number of hydrogen-bond donors (Lipinski definition) is 1. The zero-order valence-corrected chi connectivity index (χ0v) is 12.5. The lowest BCUT2D eigenvalue weighted by Crippen LogP contribution is -2.30. The third-order valence-corrected chi connectivity index (χ3v) is 5.59. The van der Waals surface area contributed by atoms with Crippen molar-refractivity contribution in [3.05, 3.63) is 40.4 Å². The van der Waals surface area contributed by atoms with E-state index in [2.05, 4.69) is 39.8 Å². The molecule has 20 heavy (non-hydrogen) atoms. The van der Waals surface area contributed by atoms with Crippen molar-refractivity contribution < 1.29 is 0 Å². The number of rotatable bonds is 2. The lowest BCUT2D eigenvalue weighted by atomic mass is 9.94. The molecule has 2 atom stereocenters. The fraction of sp³-hybridized carbons (Fsp3) is 0.500. The summed E-state index contributed by atoms with van der Waals surface area (Å²) in [4.78, 5) is 0. The van der Waals surface area contributed by atoms with Gasteiger partial charge in [0.05, 0.1) is 0 Å². The van der Waals surface area contributed by atoms with Crippen molar-refractivity contribution >= 4 is 16.5 Å². The molecule has 2 bridgehead atoms. The number of aromatic nitrogens is 2. The first-order chi connectivity index (χ1) is 9.79. The molecule has 4 rings (SSSR count). The number of anilines is 1. The molecule has 1 N–H and O–H groups in total. The standard InChI is InChI=1S/C16H19N3S/c1-10-18-19-16(20-10)17-15-13-6-7-14(15)9-12-5-3-2-4-11(12)8-13/h2-5,13-15H,6-9H2,1H3,(H,17,19). The van der Waals surface area contributed by atoms with Crippen LogP contribution in [0.2, 0.25) is 0 Å². The van der Waals surface area contributed by atoms with E-state index in [1.54, 1.807) is 22.5 Å². The Morgan fingerprint density at radius 1 is 1.05 bits per heavy atom. The Morgan fingerprint density at radius 2 is 1.70 bits per heavy atom. The van der Waals surface area contributed by atoms with E-state index < -0.39 is 0 Å². The highest BCUT2D eigenvalue weighted by atomic mass is 32.1. The van der Waals surface area contributed by atoms with E-state index in [4.69, 9.17) is 0 Å². The van der Waals surface area contributed by atoms with Gasteiger partial charge in [0.2, 0.25) is 5.13 Å². The molecule has 0 aliphatic heterocycles. The quantitative estimate of drug-likeness (QED) is 0.918. The Kier molecular flexibility index (Phi) is 2.99. The Morgan fingerprint density at radius 3 is 2.25 bits per heavy atom. The fourth-order valence-corrected chi connectivity index (χ4v) is 4.52. The van der Waals surface area contributed by atoms with Crippen LogP contribution in [-0.2, 0) is 12.8 Å². The van der Waals surface area contributed by atoms with Gasteiger partial charge in [-0.25, -0.2) is 0 Å². The van der Waals surface area contributed by atoms with Crippen LogP contribution in [0, 0.1) is 18.8 Å². The van der Waals surface area contributed by atoms with Gasteiger partial charge in [-0.2, -0.15) is 0 Å². The second-order valence-electron chi connectivity index (χ2n) is 6.07. The molecule has 0 saturated heterocycles. The minimum atomic E-state index is 0.565. The maximum absolute atomic E-state index is 4.24. The number of nitrogens with one attached hydrogen (secondary N) is 1. The number of fused-ring (bicyclic) bond motifs is 3. The molecule has 2 aliphatic carbocycles. The molecule has 1 saturated carbocycles. The van der Waals surface area contributed by atoms with Gasteiger partial charge in [-0.15, -0.1) is 10.2 Å². The Hall–Kier alpha value is -1.42. The van der Waals surface area contributed by atoms with Gasteiger partial charge in [0.15, 0.2) is 0 Å². The van der Waals surface area contributed by atoms with Crippen LogP contribution >= 0.6 is 11.3 Å². The van der Waals surface area contributed by atoms with Gasteiger partial charge in [0.1, 0.15) is 5.01 Å². The number of nitrogens with zero attached hydrogens (tertiary/aromatic N) is 2. The second kappa shape index (κ2) is 4.85. The third kappa shape index (κ3) is 2.12. The van der Waals surface area contributed by atoms with Gasteiger partial charge in [0.25, 0.3) is 0 Å². The normalized spacial score (nSPS) is 27.9. The maximum Gasteiger partial charge on any atom is 0.205 e. The van der Waals surface area contributed by atoms with Gasteiger partial charge in [0, 0.05) is 6.04 Å². The molecular formula is C16H19N3S. The van der Waals surface area contributed by atoms with E-state index in [9.17, 15) is 0 Å². The molecule has 1 fully saturated rings. The summed E-state index contributed by atoms with van der Waals surface area (Å²) in [7, 11) is 0. The predicted octanol–water partition coefficient (Wildman–Crippen LogP) is 3.45. The molecule has 1 aromatic carbocycles. The van der Waals surface area contributed by atoms with Crippen LogP contribution in [-0.4, -0.2) is 16.2 Å². The van der Waals surface area contributed by atoms with Crippen molar-refractivity contribution in [2.75, 3.05) is 5.32 Å². The number of hydrogen-bond acceptors (Lipinski definition) is 4. The van der Waals surface area contributed by atoms with Crippen LogP contribution in [0.1, 0.15) is 29.0 Å². The van der Waals surface area contributed by atoms with Crippen molar-refractivity contribution in [3.8, 4) is 0 Å². The molecule has 1 heterocycles. The average Bonchev–Trinajstić information content (AvgIpc) is 2.95. The summed E-state index contributed by atoms with van der Waals surface area (Å²) in [6.07, 6.45) is 5.10. The monoisotopic (exact) mass is 285 g/mol. The third-order valence-electron chi connectivity index (χ3n) is 4.82. The molecule has 0 spiro atoms. The second-order valence-corrected chi connectivity index (χ2v) is 7.25. The summed E-state index contributed by atoms with van der Waals surface area (Å²) in [6, 6.07) is 9.53. The van der Waals surface area contributed by atoms with Crippen molar-refractivity contribution in [2.45, 2.75) is 38.6 Å². The molecule has 3 nitrogen and oxygen atoms in total. The predicted molar refractivity (Wildman–Crippen MR) is 82.1 cm³/mol. The van der Waals surface area contributed by atoms with Crippen molar-refractivity contribution in [2.24, 2.45) is 11.8 Å². The topological polar surface area (TPSA) is 37.8 Å². The lowest BCUT2D eigenvalue weighted by molar-refractivity contribution is 0.449. The molecule has 104 valence electrons. The smallest absolute Gasteiger partial charge is 0.205 e. The minimum absolute atomic E-state index is 0.565. The first-order valence-corrected chi connectivity index (χ1v) is 8.24. The van der Waals surface area contributed by atoms with Crippen molar-refractivity contribution in [1.29, 1.82) is 0 Å². The molecule has 2 aliphatic rings. The molecular weight excluding hydrogens is 266 g/mol. The Bertz CT molecular complexity index is 589. The van der Waals surface area contributed by atoms with Crippen LogP contribution in [0.15, 0.2) is 24.3 Å². The highest BCUT2D eigenvalue weighted by Gasteiger charge is 2.39. The number of aryl methyl sites for hydroxylation is 1. The van der Waals surface area contributed by atoms with Gasteiger partial charge in [-0.05, 0) is 55.6 Å². The molecule has 4 heteroatoms. The van der Waals surface area contributed by atoms with Crippen LogP contribution in [0.3, 0.4) is 0 Å². The molecule has 2 aromatic rings. The zero-order chi connectivity index (χ0) is 13.5. The molecule has 2 unspecified atom stereocenters. The van der Waals surface area contributed by atoms with Crippen molar-refractivity contribution in [1.82, 2.24) is 10.2 Å². The summed E-state index contributed by atoms with van der Waals surface area (Å²) in [5.41, 5.74) is 3.11. The lowest BCUT2D eigenvalue weighted by Gasteiger charge is -2.22. The Balaban J connectivity index is 1.60. The van der Waals surface area contributed by atoms with E-state index in [0.717, 1.165) is 22.0 Å². The highest BCUT2D eigenvalue weighted by molar-refractivity contribution is 7.15. The van der Waals surface area contributed by atoms with Gasteiger partial charge in [-0.3, -0.25) is 0 Å². The van der Waals surface area contributed by atoms with E-state index in [-0.39, 0.29) is 0 Å². The Labute approximate surface area is 123 Å². The SMILES string of the molecule is Cc1nnc(NC2C3CCC2Cc2ccccc2C3)s1. The first-order valence-electron chi connectivity index (χ1n) is 7.43. The highest BCUT2D eigenvalue weighted by Crippen LogP contribution is 2.41. The summed E-state index contributed by atoms with van der Waals surface area (Å²) >= 11 is 1.67. The van der Waals surface area contributed by atoms with Gasteiger partial charge in [-0.1, -0.05) is 35.6 Å². The van der Waals surface area contributed by atoms with E-state index in [0.29, 0.717) is 6.04 Å². The summed E-state index contributed by atoms with van der Waals surface area (Å²) in [6.45, 7) is 2.01.